The van der Waals surface area contributed by atoms with Gasteiger partial charge in [-0.3, -0.25) is 4.79 Å². The van der Waals surface area contributed by atoms with E-state index in [0.717, 1.165) is 25.1 Å². The maximum Gasteiger partial charge on any atom is 0.237 e. The van der Waals surface area contributed by atoms with Crippen LogP contribution in [-0.2, 0) is 11.3 Å². The fourth-order valence-corrected chi connectivity index (χ4v) is 3.76. The lowest BCUT2D eigenvalue weighted by Gasteiger charge is -2.40. The molecule has 0 spiro atoms. The van der Waals surface area contributed by atoms with Crippen molar-refractivity contribution in [1.82, 2.24) is 15.6 Å². The minimum Gasteiger partial charge on any atom is -0.487 e. The summed E-state index contributed by atoms with van der Waals surface area (Å²) >= 11 is 5.88. The Morgan fingerprint density at radius 2 is 2.13 bits per heavy atom. The fraction of sp³-hybridized carbons (Fsp3) is 0.429. The number of benzene rings is 1. The molecule has 2 fully saturated rings. The average Bonchev–Trinajstić information content (AvgIpc) is 3.25. The van der Waals surface area contributed by atoms with E-state index in [1.54, 1.807) is 29.2 Å². The molecular formula is C21H24ClFN4O3. The standard InChI is InChI=1S/C21H24ClFN4O3/c1-29-21-13(10-25-20(28)18-3-2-8-24-18)9-17(23)19(26-21)27-11-16(12-27)30-15-6-4-14(22)5-7-15/h4-7,9,16,18,24H,2-3,8,10-12H2,1H3,(H,25,28). The number of hydrogen-bond acceptors (Lipinski definition) is 6. The lowest BCUT2D eigenvalue weighted by atomic mass is 10.1. The molecule has 1 atom stereocenters. The molecule has 7 nitrogen and oxygen atoms in total. The molecule has 9 heteroatoms. The summed E-state index contributed by atoms with van der Waals surface area (Å²) in [6.45, 7) is 2.02. The quantitative estimate of drug-likeness (QED) is 0.697. The maximum absolute atomic E-state index is 14.7. The van der Waals surface area contributed by atoms with E-state index in [0.29, 0.717) is 29.6 Å². The van der Waals surface area contributed by atoms with Gasteiger partial charge in [-0.25, -0.2) is 4.39 Å². The van der Waals surface area contributed by atoms with Gasteiger partial charge in [0.2, 0.25) is 11.8 Å². The lowest BCUT2D eigenvalue weighted by molar-refractivity contribution is -0.122. The number of amides is 1. The molecule has 1 aromatic heterocycles. The minimum atomic E-state index is -0.455. The summed E-state index contributed by atoms with van der Waals surface area (Å²) in [5, 5.41) is 6.61. The molecule has 4 rings (SSSR count). The minimum absolute atomic E-state index is 0.0590. The van der Waals surface area contributed by atoms with Crippen molar-refractivity contribution in [2.75, 3.05) is 31.6 Å². The lowest BCUT2D eigenvalue weighted by Crippen LogP contribution is -2.54. The molecule has 160 valence electrons. The number of ether oxygens (including phenoxy) is 2. The molecule has 3 heterocycles. The van der Waals surface area contributed by atoms with Crippen molar-refractivity contribution >= 4 is 23.3 Å². The molecule has 2 N–H and O–H groups in total. The zero-order valence-corrected chi connectivity index (χ0v) is 17.4. The summed E-state index contributed by atoms with van der Waals surface area (Å²) in [7, 11) is 1.48. The number of nitrogens with zero attached hydrogens (tertiary/aromatic N) is 2. The first-order valence-corrected chi connectivity index (χ1v) is 10.3. The molecule has 2 aliphatic rings. The molecular weight excluding hydrogens is 411 g/mol. The van der Waals surface area contributed by atoms with E-state index >= 15 is 0 Å². The molecule has 30 heavy (non-hydrogen) atoms. The predicted octanol–water partition coefficient (Wildman–Crippen LogP) is 2.52. The number of carbonyl (C=O) groups is 1. The Balaban J connectivity index is 1.36. The van der Waals surface area contributed by atoms with Gasteiger partial charge < -0.3 is 25.0 Å². The Morgan fingerprint density at radius 3 is 2.80 bits per heavy atom. The topological polar surface area (TPSA) is 75.7 Å². The van der Waals surface area contributed by atoms with Crippen LogP contribution in [0.5, 0.6) is 11.6 Å². The molecule has 0 aliphatic carbocycles. The number of pyridine rings is 1. The first kappa shape index (κ1) is 20.7. The largest absolute Gasteiger partial charge is 0.487 e. The second-order valence-electron chi connectivity index (χ2n) is 7.43. The number of halogens is 2. The molecule has 1 unspecified atom stereocenters. The number of methoxy groups -OCH3 is 1. The fourth-order valence-electron chi connectivity index (χ4n) is 3.63. The third-order valence-corrected chi connectivity index (χ3v) is 5.54. The highest BCUT2D eigenvalue weighted by Crippen LogP contribution is 2.29. The van der Waals surface area contributed by atoms with Gasteiger partial charge in [0.05, 0.1) is 26.2 Å². The SMILES string of the molecule is COc1nc(N2CC(Oc3ccc(Cl)cc3)C2)c(F)cc1CNC(=O)C1CCCN1. The number of anilines is 1. The molecule has 0 saturated carbocycles. The highest BCUT2D eigenvalue weighted by atomic mass is 35.5. The van der Waals surface area contributed by atoms with E-state index in [4.69, 9.17) is 21.1 Å². The molecule has 0 bridgehead atoms. The second kappa shape index (κ2) is 9.06. The van der Waals surface area contributed by atoms with Crippen molar-refractivity contribution in [3.8, 4) is 11.6 Å². The number of hydrogen-bond donors (Lipinski definition) is 2. The van der Waals surface area contributed by atoms with Crippen LogP contribution in [-0.4, -0.2) is 49.8 Å². The van der Waals surface area contributed by atoms with E-state index in [1.807, 2.05) is 0 Å². The van der Waals surface area contributed by atoms with Gasteiger partial charge in [0.15, 0.2) is 11.6 Å². The first-order valence-electron chi connectivity index (χ1n) is 9.95. The third-order valence-electron chi connectivity index (χ3n) is 5.28. The van der Waals surface area contributed by atoms with Crippen molar-refractivity contribution in [2.24, 2.45) is 0 Å². The third kappa shape index (κ3) is 4.60. The Kier molecular flexibility index (Phi) is 6.24. The van der Waals surface area contributed by atoms with E-state index in [2.05, 4.69) is 15.6 Å². The summed E-state index contributed by atoms with van der Waals surface area (Å²) < 4.78 is 25.9. The van der Waals surface area contributed by atoms with Crippen molar-refractivity contribution in [3.63, 3.8) is 0 Å². The summed E-state index contributed by atoms with van der Waals surface area (Å²) in [4.78, 5) is 18.3. The monoisotopic (exact) mass is 434 g/mol. The molecule has 2 aromatic rings. The predicted molar refractivity (Wildman–Crippen MR) is 112 cm³/mol. The summed E-state index contributed by atoms with van der Waals surface area (Å²) in [6, 6.07) is 8.32. The van der Waals surface area contributed by atoms with Crippen LogP contribution in [0.15, 0.2) is 30.3 Å². The Hall–Kier alpha value is -2.58. The Labute approximate surface area is 179 Å². The van der Waals surface area contributed by atoms with Crippen molar-refractivity contribution < 1.29 is 18.7 Å². The highest BCUT2D eigenvalue weighted by molar-refractivity contribution is 6.30. The van der Waals surface area contributed by atoms with Crippen LogP contribution >= 0.6 is 11.6 Å². The van der Waals surface area contributed by atoms with Gasteiger partial charge >= 0.3 is 0 Å². The van der Waals surface area contributed by atoms with Gasteiger partial charge in [-0.1, -0.05) is 11.6 Å². The second-order valence-corrected chi connectivity index (χ2v) is 7.86. The molecule has 1 aromatic carbocycles. The van der Waals surface area contributed by atoms with Crippen LogP contribution in [0.4, 0.5) is 10.2 Å². The maximum atomic E-state index is 14.7. The van der Waals surface area contributed by atoms with Gasteiger partial charge in [0.1, 0.15) is 11.9 Å². The van der Waals surface area contributed by atoms with Gasteiger partial charge in [0, 0.05) is 17.1 Å². The van der Waals surface area contributed by atoms with Crippen molar-refractivity contribution in [3.05, 3.63) is 46.7 Å². The molecule has 2 saturated heterocycles. The Morgan fingerprint density at radius 1 is 1.37 bits per heavy atom. The number of aromatic nitrogens is 1. The molecule has 2 aliphatic heterocycles. The van der Waals surface area contributed by atoms with Gasteiger partial charge in [-0.2, -0.15) is 4.98 Å². The number of rotatable bonds is 7. The molecule has 0 radical (unpaired) electrons. The zero-order chi connectivity index (χ0) is 21.1. The summed E-state index contributed by atoms with van der Waals surface area (Å²) in [6.07, 6.45) is 1.73. The Bertz CT molecular complexity index is 900. The van der Waals surface area contributed by atoms with Crippen molar-refractivity contribution in [1.29, 1.82) is 0 Å². The smallest absolute Gasteiger partial charge is 0.237 e. The van der Waals surface area contributed by atoms with Crippen molar-refractivity contribution in [2.45, 2.75) is 31.5 Å². The van der Waals surface area contributed by atoms with Crippen LogP contribution < -0.4 is 25.0 Å². The highest BCUT2D eigenvalue weighted by Gasteiger charge is 2.32. The van der Waals surface area contributed by atoms with Crippen LogP contribution in [0.2, 0.25) is 5.02 Å². The summed E-state index contributed by atoms with van der Waals surface area (Å²) in [5.41, 5.74) is 0.500. The van der Waals surface area contributed by atoms with Crippen LogP contribution in [0.25, 0.3) is 0 Å². The first-order chi connectivity index (χ1) is 14.5. The van der Waals surface area contributed by atoms with Crippen LogP contribution in [0.3, 0.4) is 0 Å². The van der Waals surface area contributed by atoms with Crippen LogP contribution in [0, 0.1) is 5.82 Å². The van der Waals surface area contributed by atoms with Crippen LogP contribution in [0.1, 0.15) is 18.4 Å². The van der Waals surface area contributed by atoms with Gasteiger partial charge in [-0.15, -0.1) is 0 Å². The number of nitrogens with one attached hydrogen (secondary N) is 2. The van der Waals surface area contributed by atoms with Gasteiger partial charge in [0.25, 0.3) is 0 Å². The zero-order valence-electron chi connectivity index (χ0n) is 16.7. The van der Waals surface area contributed by atoms with E-state index in [1.165, 1.54) is 13.2 Å². The normalized spacial score (nSPS) is 18.8. The van der Waals surface area contributed by atoms with Gasteiger partial charge in [-0.05, 0) is 49.7 Å². The van der Waals surface area contributed by atoms with E-state index in [-0.39, 0.29) is 30.4 Å². The van der Waals surface area contributed by atoms with E-state index in [9.17, 15) is 9.18 Å². The summed E-state index contributed by atoms with van der Waals surface area (Å²) in [5.74, 6) is 0.689. The van der Waals surface area contributed by atoms with E-state index < -0.39 is 5.82 Å². The molecule has 1 amide bonds. The number of carbonyl (C=O) groups excluding carboxylic acids is 1. The average molecular weight is 435 g/mol.